The first-order valence-electron chi connectivity index (χ1n) is 10.3. The number of hydrogen-bond acceptors (Lipinski definition) is 3. The fourth-order valence-electron chi connectivity index (χ4n) is 4.00. The van der Waals surface area contributed by atoms with Crippen molar-refractivity contribution < 1.29 is 4.79 Å². The Kier molecular flexibility index (Phi) is 7.93. The summed E-state index contributed by atoms with van der Waals surface area (Å²) in [5, 5.41) is 4.44. The molecular formula is C23H29Cl2N3O. The molecule has 1 saturated heterocycles. The maximum Gasteiger partial charge on any atom is 0.220 e. The molecule has 1 aromatic carbocycles. The van der Waals surface area contributed by atoms with Gasteiger partial charge in [-0.1, -0.05) is 49.2 Å². The lowest BCUT2D eigenvalue weighted by Gasteiger charge is -2.37. The topological polar surface area (TPSA) is 45.2 Å². The molecule has 6 heteroatoms. The average molecular weight is 434 g/mol. The van der Waals surface area contributed by atoms with Crippen LogP contribution in [0.4, 0.5) is 0 Å². The number of likely N-dealkylation sites (tertiary alicyclic amines) is 1. The van der Waals surface area contributed by atoms with Crippen molar-refractivity contribution in [1.82, 2.24) is 15.2 Å². The van der Waals surface area contributed by atoms with Crippen LogP contribution in [0, 0.1) is 11.8 Å². The summed E-state index contributed by atoms with van der Waals surface area (Å²) in [7, 11) is 0. The van der Waals surface area contributed by atoms with Gasteiger partial charge in [-0.15, -0.1) is 0 Å². The molecular weight excluding hydrogens is 405 g/mol. The highest BCUT2D eigenvalue weighted by molar-refractivity contribution is 6.42. The number of carbonyl (C=O) groups excluding carboxylic acids is 1. The second-order valence-electron chi connectivity index (χ2n) is 8.28. The summed E-state index contributed by atoms with van der Waals surface area (Å²) >= 11 is 12.2. The first-order valence-corrected chi connectivity index (χ1v) is 11.0. The Labute approximate surface area is 183 Å². The van der Waals surface area contributed by atoms with Crippen molar-refractivity contribution in [2.75, 3.05) is 13.1 Å². The van der Waals surface area contributed by atoms with E-state index in [4.69, 9.17) is 23.2 Å². The van der Waals surface area contributed by atoms with Gasteiger partial charge in [0.05, 0.1) is 21.8 Å². The first-order chi connectivity index (χ1) is 13.9. The quantitative estimate of drug-likeness (QED) is 0.626. The van der Waals surface area contributed by atoms with Gasteiger partial charge in [-0.05, 0) is 61.1 Å². The molecule has 2 heterocycles. The van der Waals surface area contributed by atoms with Crippen LogP contribution in [-0.4, -0.2) is 28.9 Å². The lowest BCUT2D eigenvalue weighted by Crippen LogP contribution is -2.43. The summed E-state index contributed by atoms with van der Waals surface area (Å²) in [6, 6.07) is 11.7. The molecule has 0 radical (unpaired) electrons. The van der Waals surface area contributed by atoms with E-state index in [1.807, 2.05) is 36.4 Å². The molecule has 1 aliphatic heterocycles. The Morgan fingerprint density at radius 2 is 2.07 bits per heavy atom. The highest BCUT2D eigenvalue weighted by Gasteiger charge is 2.30. The summed E-state index contributed by atoms with van der Waals surface area (Å²) in [5.41, 5.74) is 2.09. The minimum absolute atomic E-state index is 0.0703. The van der Waals surface area contributed by atoms with Crippen LogP contribution in [0.25, 0.3) is 0 Å². The Balaban J connectivity index is 1.72. The molecule has 2 atom stereocenters. The summed E-state index contributed by atoms with van der Waals surface area (Å²) in [6.07, 6.45) is 4.49. The Morgan fingerprint density at radius 1 is 1.24 bits per heavy atom. The SMILES string of the molecule is CC(C)CC(=O)N[C@@H](c1ccccn1)[C@@H]1CCCN(Cc2ccc(Cl)c(Cl)c2)C1. The Morgan fingerprint density at radius 3 is 2.76 bits per heavy atom. The zero-order chi connectivity index (χ0) is 20.8. The molecule has 0 spiro atoms. The number of rotatable bonds is 7. The van der Waals surface area contributed by atoms with E-state index in [1.165, 1.54) is 0 Å². The van der Waals surface area contributed by atoms with Gasteiger partial charge >= 0.3 is 0 Å². The normalized spacial score (nSPS) is 18.6. The third kappa shape index (κ3) is 6.43. The molecule has 29 heavy (non-hydrogen) atoms. The molecule has 156 valence electrons. The molecule has 3 rings (SSSR count). The van der Waals surface area contributed by atoms with Crippen molar-refractivity contribution in [3.05, 3.63) is 63.9 Å². The van der Waals surface area contributed by atoms with Crippen molar-refractivity contribution >= 4 is 29.1 Å². The number of amides is 1. The van der Waals surface area contributed by atoms with Crippen LogP contribution in [0.3, 0.4) is 0 Å². The van der Waals surface area contributed by atoms with E-state index >= 15 is 0 Å². The van der Waals surface area contributed by atoms with Gasteiger partial charge in [0.25, 0.3) is 0 Å². The van der Waals surface area contributed by atoms with Crippen molar-refractivity contribution in [3.8, 4) is 0 Å². The highest BCUT2D eigenvalue weighted by Crippen LogP contribution is 2.31. The minimum atomic E-state index is -0.0703. The number of carbonyl (C=O) groups is 1. The predicted molar refractivity (Wildman–Crippen MR) is 119 cm³/mol. The lowest BCUT2D eigenvalue weighted by atomic mass is 9.88. The van der Waals surface area contributed by atoms with Gasteiger partial charge < -0.3 is 5.32 Å². The molecule has 0 unspecified atom stereocenters. The van der Waals surface area contributed by atoms with Crippen molar-refractivity contribution in [2.45, 2.75) is 45.7 Å². The molecule has 2 aromatic rings. The van der Waals surface area contributed by atoms with Crippen LogP contribution >= 0.6 is 23.2 Å². The number of halogens is 2. The standard InChI is InChI=1S/C23H29Cl2N3O/c1-16(2)12-22(29)27-23(21-7-3-4-10-26-21)18-6-5-11-28(15-18)14-17-8-9-19(24)20(25)13-17/h3-4,7-10,13,16,18,23H,5-6,11-12,14-15H2,1-2H3,(H,27,29)/t18-,23-/m1/s1. The van der Waals surface area contributed by atoms with Crippen LogP contribution in [0.5, 0.6) is 0 Å². The van der Waals surface area contributed by atoms with Gasteiger partial charge in [0.15, 0.2) is 0 Å². The largest absolute Gasteiger partial charge is 0.347 e. The van der Waals surface area contributed by atoms with Crippen molar-refractivity contribution in [3.63, 3.8) is 0 Å². The summed E-state index contributed by atoms with van der Waals surface area (Å²) in [4.78, 5) is 19.5. The van der Waals surface area contributed by atoms with Gasteiger partial charge in [0, 0.05) is 25.7 Å². The van der Waals surface area contributed by atoms with Crippen LogP contribution in [0.15, 0.2) is 42.6 Å². The number of aromatic nitrogens is 1. The van der Waals surface area contributed by atoms with Crippen LogP contribution in [0.1, 0.15) is 50.4 Å². The first kappa shape index (κ1) is 22.1. The van der Waals surface area contributed by atoms with E-state index in [1.54, 1.807) is 6.20 Å². The molecule has 0 saturated carbocycles. The van der Waals surface area contributed by atoms with Gasteiger partial charge in [0.1, 0.15) is 0 Å². The predicted octanol–water partition coefficient (Wildman–Crippen LogP) is 5.50. The molecule has 1 amide bonds. The van der Waals surface area contributed by atoms with E-state index in [0.717, 1.165) is 43.7 Å². The average Bonchev–Trinajstić information content (AvgIpc) is 2.69. The van der Waals surface area contributed by atoms with Crippen molar-refractivity contribution in [1.29, 1.82) is 0 Å². The van der Waals surface area contributed by atoms with Crippen LogP contribution < -0.4 is 5.32 Å². The number of pyridine rings is 1. The zero-order valence-corrected chi connectivity index (χ0v) is 18.6. The van der Waals surface area contributed by atoms with Gasteiger partial charge in [-0.2, -0.15) is 0 Å². The Hall–Kier alpha value is -1.62. The van der Waals surface area contributed by atoms with E-state index in [0.29, 0.717) is 28.3 Å². The van der Waals surface area contributed by atoms with Crippen molar-refractivity contribution in [2.24, 2.45) is 11.8 Å². The highest BCUT2D eigenvalue weighted by atomic mass is 35.5. The summed E-state index contributed by atoms with van der Waals surface area (Å²) < 4.78 is 0. The second-order valence-corrected chi connectivity index (χ2v) is 9.10. The fraction of sp³-hybridized carbons (Fsp3) is 0.478. The molecule has 0 aliphatic carbocycles. The van der Waals surface area contributed by atoms with E-state index in [2.05, 4.69) is 29.0 Å². The molecule has 1 fully saturated rings. The second kappa shape index (κ2) is 10.4. The third-order valence-electron chi connectivity index (χ3n) is 5.32. The number of benzene rings is 1. The minimum Gasteiger partial charge on any atom is -0.347 e. The molecule has 1 aliphatic rings. The lowest BCUT2D eigenvalue weighted by molar-refractivity contribution is -0.123. The maximum atomic E-state index is 12.5. The number of piperidine rings is 1. The van der Waals surface area contributed by atoms with E-state index in [-0.39, 0.29) is 11.9 Å². The number of nitrogens with one attached hydrogen (secondary N) is 1. The Bertz CT molecular complexity index is 813. The number of hydrogen-bond donors (Lipinski definition) is 1. The number of nitrogens with zero attached hydrogens (tertiary/aromatic N) is 2. The molecule has 4 nitrogen and oxygen atoms in total. The van der Waals surface area contributed by atoms with Gasteiger partial charge in [-0.3, -0.25) is 14.7 Å². The van der Waals surface area contributed by atoms with Crippen LogP contribution in [0.2, 0.25) is 10.0 Å². The van der Waals surface area contributed by atoms with Gasteiger partial charge in [-0.25, -0.2) is 0 Å². The zero-order valence-electron chi connectivity index (χ0n) is 17.1. The molecule has 1 aromatic heterocycles. The van der Waals surface area contributed by atoms with Gasteiger partial charge in [0.2, 0.25) is 5.91 Å². The molecule has 0 bridgehead atoms. The summed E-state index contributed by atoms with van der Waals surface area (Å²) in [6.45, 7) is 6.89. The van der Waals surface area contributed by atoms with E-state index in [9.17, 15) is 4.79 Å². The monoisotopic (exact) mass is 433 g/mol. The third-order valence-corrected chi connectivity index (χ3v) is 6.06. The smallest absolute Gasteiger partial charge is 0.220 e. The molecule has 1 N–H and O–H groups in total. The summed E-state index contributed by atoms with van der Waals surface area (Å²) in [5.74, 6) is 0.742. The van der Waals surface area contributed by atoms with E-state index < -0.39 is 0 Å². The maximum absolute atomic E-state index is 12.5. The van der Waals surface area contributed by atoms with Crippen LogP contribution in [-0.2, 0) is 11.3 Å². The fourth-order valence-corrected chi connectivity index (χ4v) is 4.32.